The topological polar surface area (TPSA) is 76.1 Å². The van der Waals surface area contributed by atoms with Crippen LogP contribution < -0.4 is 15.4 Å². The maximum Gasteiger partial charge on any atom is 0.416 e. The second-order valence-corrected chi connectivity index (χ2v) is 7.32. The van der Waals surface area contributed by atoms with Crippen molar-refractivity contribution in [2.75, 3.05) is 17.7 Å². The lowest BCUT2D eigenvalue weighted by atomic mass is 9.97. The van der Waals surface area contributed by atoms with Gasteiger partial charge >= 0.3 is 12.2 Å². The normalized spacial score (nSPS) is 12.3. The molecule has 3 aromatic rings. The lowest BCUT2D eigenvalue weighted by Gasteiger charge is -2.13. The van der Waals surface area contributed by atoms with Crippen molar-refractivity contribution in [2.45, 2.75) is 25.4 Å². The Balaban J connectivity index is 1.73. The molecule has 0 spiro atoms. The number of nitrogens with zero attached hydrogens (tertiary/aromatic N) is 2. The monoisotopic (exact) mass is 436 g/mol. The molecule has 6 nitrogen and oxygen atoms in total. The summed E-state index contributed by atoms with van der Waals surface area (Å²) in [5, 5.41) is 14.0. The molecular weight excluding hydrogens is 417 g/mol. The molecule has 0 fully saturated rings. The molecular formula is C20H19F3N4O2S. The Morgan fingerprint density at radius 3 is 2.50 bits per heavy atom. The van der Waals surface area contributed by atoms with Gasteiger partial charge in [0, 0.05) is 5.92 Å². The molecule has 10 heteroatoms. The van der Waals surface area contributed by atoms with Crippen molar-refractivity contribution < 1.29 is 22.7 Å². The van der Waals surface area contributed by atoms with Gasteiger partial charge < -0.3 is 10.1 Å². The van der Waals surface area contributed by atoms with E-state index in [0.717, 1.165) is 35.2 Å². The minimum atomic E-state index is -4.54. The SMILES string of the molecule is CCC(c1ccccc1)c1nnc(NC(=O)Nc2cc(C(F)(F)F)ccc2OC)s1. The van der Waals surface area contributed by atoms with Crippen LogP contribution >= 0.6 is 11.3 Å². The fourth-order valence-electron chi connectivity index (χ4n) is 2.90. The minimum Gasteiger partial charge on any atom is -0.495 e. The molecule has 1 aromatic heterocycles. The van der Waals surface area contributed by atoms with Gasteiger partial charge in [-0.25, -0.2) is 4.79 Å². The smallest absolute Gasteiger partial charge is 0.416 e. The second-order valence-electron chi connectivity index (χ2n) is 6.31. The van der Waals surface area contributed by atoms with E-state index in [-0.39, 0.29) is 22.5 Å². The van der Waals surface area contributed by atoms with E-state index < -0.39 is 17.8 Å². The van der Waals surface area contributed by atoms with Crippen LogP contribution in [-0.2, 0) is 6.18 Å². The number of rotatable bonds is 6. The molecule has 0 radical (unpaired) electrons. The summed E-state index contributed by atoms with van der Waals surface area (Å²) in [6.45, 7) is 2.03. The molecule has 0 aliphatic heterocycles. The number of benzene rings is 2. The molecule has 1 atom stereocenters. The van der Waals surface area contributed by atoms with Gasteiger partial charge in [0.1, 0.15) is 10.8 Å². The van der Waals surface area contributed by atoms with Gasteiger partial charge in [-0.15, -0.1) is 10.2 Å². The van der Waals surface area contributed by atoms with Gasteiger partial charge in [-0.1, -0.05) is 48.6 Å². The molecule has 0 aliphatic carbocycles. The molecule has 3 rings (SSSR count). The Bertz CT molecular complexity index is 1010. The van der Waals surface area contributed by atoms with E-state index in [4.69, 9.17) is 4.74 Å². The predicted molar refractivity (Wildman–Crippen MR) is 109 cm³/mol. The number of methoxy groups -OCH3 is 1. The molecule has 30 heavy (non-hydrogen) atoms. The quantitative estimate of drug-likeness (QED) is 0.516. The zero-order chi connectivity index (χ0) is 21.7. The first-order valence-corrected chi connectivity index (χ1v) is 9.85. The molecule has 158 valence electrons. The third-order valence-electron chi connectivity index (χ3n) is 4.34. The Hall–Kier alpha value is -3.14. The fraction of sp³-hybridized carbons (Fsp3) is 0.250. The van der Waals surface area contributed by atoms with Crippen molar-refractivity contribution in [3.8, 4) is 5.75 Å². The zero-order valence-electron chi connectivity index (χ0n) is 16.2. The van der Waals surface area contributed by atoms with Crippen LogP contribution in [0.1, 0.15) is 35.4 Å². The molecule has 1 unspecified atom stereocenters. The lowest BCUT2D eigenvalue weighted by Crippen LogP contribution is -2.20. The summed E-state index contributed by atoms with van der Waals surface area (Å²) in [5.74, 6) is 0.136. The van der Waals surface area contributed by atoms with Gasteiger partial charge in [0.25, 0.3) is 0 Å². The number of amides is 2. The van der Waals surface area contributed by atoms with Gasteiger partial charge in [0.05, 0.1) is 18.4 Å². The highest BCUT2D eigenvalue weighted by atomic mass is 32.1. The van der Waals surface area contributed by atoms with Gasteiger partial charge in [-0.3, -0.25) is 5.32 Å². The highest BCUT2D eigenvalue weighted by Crippen LogP contribution is 2.35. The minimum absolute atomic E-state index is 0.0332. The summed E-state index contributed by atoms with van der Waals surface area (Å²) in [4.78, 5) is 12.3. The highest BCUT2D eigenvalue weighted by molar-refractivity contribution is 7.15. The second kappa shape index (κ2) is 9.12. The van der Waals surface area contributed by atoms with Crippen LogP contribution in [0.4, 0.5) is 28.8 Å². The van der Waals surface area contributed by atoms with E-state index in [1.54, 1.807) is 0 Å². The highest BCUT2D eigenvalue weighted by Gasteiger charge is 2.31. The number of alkyl halides is 3. The third-order valence-corrected chi connectivity index (χ3v) is 5.30. The number of halogens is 3. The lowest BCUT2D eigenvalue weighted by molar-refractivity contribution is -0.137. The van der Waals surface area contributed by atoms with E-state index in [0.29, 0.717) is 0 Å². The number of urea groups is 1. The number of hydrogen-bond donors (Lipinski definition) is 2. The summed E-state index contributed by atoms with van der Waals surface area (Å²) >= 11 is 1.21. The van der Waals surface area contributed by atoms with Crippen LogP contribution in [0, 0.1) is 0 Å². The van der Waals surface area contributed by atoms with Gasteiger partial charge in [-0.2, -0.15) is 13.2 Å². The van der Waals surface area contributed by atoms with Crippen LogP contribution in [0.15, 0.2) is 48.5 Å². The summed E-state index contributed by atoms with van der Waals surface area (Å²) in [7, 11) is 1.30. The van der Waals surface area contributed by atoms with Crippen LogP contribution in [-0.4, -0.2) is 23.3 Å². The maximum atomic E-state index is 13.0. The molecule has 0 bridgehead atoms. The zero-order valence-corrected chi connectivity index (χ0v) is 17.0. The number of carbonyl (C=O) groups excluding carboxylic acids is 1. The Kier molecular flexibility index (Phi) is 6.56. The summed E-state index contributed by atoms with van der Waals surface area (Å²) in [6, 6.07) is 11.9. The van der Waals surface area contributed by atoms with Crippen molar-refractivity contribution in [1.82, 2.24) is 10.2 Å². The van der Waals surface area contributed by atoms with Crippen molar-refractivity contribution in [2.24, 2.45) is 0 Å². The van der Waals surface area contributed by atoms with E-state index in [2.05, 4.69) is 20.8 Å². The standard InChI is InChI=1S/C20H19F3N4O2S/c1-3-14(12-7-5-4-6-8-12)17-26-27-19(30-17)25-18(28)24-15-11-13(20(21,22)23)9-10-16(15)29-2/h4-11,14H,3H2,1-2H3,(H2,24,25,27,28). The number of aromatic nitrogens is 2. The largest absolute Gasteiger partial charge is 0.495 e. The first-order valence-electron chi connectivity index (χ1n) is 9.03. The average Bonchev–Trinajstić information content (AvgIpc) is 3.16. The number of nitrogens with one attached hydrogen (secondary N) is 2. The predicted octanol–water partition coefficient (Wildman–Crippen LogP) is 5.75. The Morgan fingerprint density at radius 1 is 1.13 bits per heavy atom. The number of carbonyl (C=O) groups is 1. The maximum absolute atomic E-state index is 13.0. The van der Waals surface area contributed by atoms with E-state index in [1.165, 1.54) is 18.4 Å². The summed E-state index contributed by atoms with van der Waals surface area (Å²) in [5.41, 5.74) is 0.0802. The Morgan fingerprint density at radius 2 is 1.87 bits per heavy atom. The molecule has 0 saturated carbocycles. The van der Waals surface area contributed by atoms with Crippen LogP contribution in [0.2, 0.25) is 0 Å². The van der Waals surface area contributed by atoms with Gasteiger partial charge in [0.15, 0.2) is 0 Å². The molecule has 0 saturated heterocycles. The summed E-state index contributed by atoms with van der Waals surface area (Å²) in [6.07, 6.45) is -3.74. The van der Waals surface area contributed by atoms with Crippen LogP contribution in [0.25, 0.3) is 0 Å². The van der Waals surface area contributed by atoms with Crippen LogP contribution in [0.3, 0.4) is 0 Å². The average molecular weight is 436 g/mol. The van der Waals surface area contributed by atoms with E-state index >= 15 is 0 Å². The number of anilines is 2. The fourth-order valence-corrected chi connectivity index (χ4v) is 3.85. The van der Waals surface area contributed by atoms with Gasteiger partial charge in [-0.05, 0) is 30.2 Å². The van der Waals surface area contributed by atoms with Crippen LogP contribution in [0.5, 0.6) is 5.75 Å². The van der Waals surface area contributed by atoms with Crippen molar-refractivity contribution in [3.05, 3.63) is 64.7 Å². The van der Waals surface area contributed by atoms with Gasteiger partial charge in [0.2, 0.25) is 5.13 Å². The molecule has 2 aromatic carbocycles. The van der Waals surface area contributed by atoms with E-state index in [9.17, 15) is 18.0 Å². The Labute approximate surface area is 175 Å². The molecule has 2 N–H and O–H groups in total. The number of ether oxygens (including phenoxy) is 1. The molecule has 0 aliphatic rings. The first-order chi connectivity index (χ1) is 14.3. The van der Waals surface area contributed by atoms with Crippen molar-refractivity contribution >= 4 is 28.2 Å². The number of hydrogen-bond acceptors (Lipinski definition) is 5. The molecule has 1 heterocycles. The molecule has 2 amide bonds. The summed E-state index contributed by atoms with van der Waals surface area (Å²) < 4.78 is 43.9. The van der Waals surface area contributed by atoms with E-state index in [1.807, 2.05) is 37.3 Å². The van der Waals surface area contributed by atoms with Crippen molar-refractivity contribution in [1.29, 1.82) is 0 Å². The van der Waals surface area contributed by atoms with Crippen molar-refractivity contribution in [3.63, 3.8) is 0 Å². The first kappa shape index (κ1) is 21.6. The third kappa shape index (κ3) is 5.07.